The van der Waals surface area contributed by atoms with Crippen LogP contribution in [0.3, 0.4) is 0 Å². The molecule has 1 aromatic carbocycles. The van der Waals surface area contributed by atoms with Crippen LogP contribution >= 0.6 is 11.8 Å². The standard InChI is InChI=1S/C19H24N4O3S/c1-27-19-21-12-15(17(24)22-19)18(25)26-10-7-13-11-14(20)5-6-16(13)23-8-3-2-4-9-23/h5-6,11-12H,2-4,7-10,20H2,1H3,(H,21,22,24). The summed E-state index contributed by atoms with van der Waals surface area (Å²) in [6, 6.07) is 5.87. The maximum absolute atomic E-state index is 12.2. The molecule has 0 amide bonds. The Bertz CT molecular complexity index is 862. The van der Waals surface area contributed by atoms with Crippen molar-refractivity contribution >= 4 is 29.1 Å². The molecule has 0 unspecified atom stereocenters. The number of piperidine rings is 1. The predicted molar refractivity (Wildman–Crippen MR) is 108 cm³/mol. The van der Waals surface area contributed by atoms with Gasteiger partial charge in [-0.3, -0.25) is 4.79 Å². The van der Waals surface area contributed by atoms with Crippen LogP contribution in [0, 0.1) is 0 Å². The maximum Gasteiger partial charge on any atom is 0.345 e. The number of nitrogens with one attached hydrogen (secondary N) is 1. The smallest absolute Gasteiger partial charge is 0.345 e. The number of thioether (sulfide) groups is 1. The average Bonchev–Trinajstić information content (AvgIpc) is 2.68. The summed E-state index contributed by atoms with van der Waals surface area (Å²) in [6.45, 7) is 2.23. The van der Waals surface area contributed by atoms with Gasteiger partial charge >= 0.3 is 5.97 Å². The Morgan fingerprint density at radius 3 is 2.81 bits per heavy atom. The van der Waals surface area contributed by atoms with E-state index in [4.69, 9.17) is 10.5 Å². The molecule has 2 heterocycles. The van der Waals surface area contributed by atoms with Gasteiger partial charge in [0.05, 0.1) is 6.61 Å². The molecule has 0 bridgehead atoms. The summed E-state index contributed by atoms with van der Waals surface area (Å²) in [5.74, 6) is -0.667. The molecule has 0 aliphatic carbocycles. The Balaban J connectivity index is 1.65. The van der Waals surface area contributed by atoms with Crippen molar-refractivity contribution in [2.75, 3.05) is 36.6 Å². The number of nitrogen functional groups attached to an aromatic ring is 1. The minimum absolute atomic E-state index is 0.0865. The van der Waals surface area contributed by atoms with Crippen LogP contribution in [-0.4, -0.2) is 41.9 Å². The zero-order chi connectivity index (χ0) is 19.2. The minimum Gasteiger partial charge on any atom is -0.462 e. The van der Waals surface area contributed by atoms with E-state index in [0.29, 0.717) is 17.3 Å². The highest BCUT2D eigenvalue weighted by atomic mass is 32.2. The van der Waals surface area contributed by atoms with Crippen LogP contribution in [0.4, 0.5) is 11.4 Å². The molecule has 0 radical (unpaired) electrons. The Labute approximate surface area is 162 Å². The number of ether oxygens (including phenoxy) is 1. The Morgan fingerprint density at radius 2 is 2.11 bits per heavy atom. The molecule has 1 aliphatic heterocycles. The SMILES string of the molecule is CSc1ncc(C(=O)OCCc2cc(N)ccc2N2CCCCC2)c(=O)[nH]1. The fourth-order valence-electron chi connectivity index (χ4n) is 3.21. The highest BCUT2D eigenvalue weighted by molar-refractivity contribution is 7.98. The number of aromatic nitrogens is 2. The van der Waals surface area contributed by atoms with Crippen molar-refractivity contribution in [1.82, 2.24) is 9.97 Å². The van der Waals surface area contributed by atoms with Gasteiger partial charge in [-0.1, -0.05) is 11.8 Å². The second kappa shape index (κ2) is 8.94. The minimum atomic E-state index is -0.667. The molecule has 0 saturated carbocycles. The Kier molecular flexibility index (Phi) is 6.39. The van der Waals surface area contributed by atoms with Gasteiger partial charge in [0, 0.05) is 37.1 Å². The number of H-pyrrole nitrogens is 1. The maximum atomic E-state index is 12.2. The first-order valence-corrected chi connectivity index (χ1v) is 10.2. The fourth-order valence-corrected chi connectivity index (χ4v) is 3.56. The third-order valence-electron chi connectivity index (χ3n) is 4.59. The lowest BCUT2D eigenvalue weighted by molar-refractivity contribution is 0.0506. The molecular formula is C19H24N4O3S. The molecule has 1 fully saturated rings. The lowest BCUT2D eigenvalue weighted by atomic mass is 10.0. The molecule has 0 atom stereocenters. The fraction of sp³-hybridized carbons (Fsp3) is 0.421. The van der Waals surface area contributed by atoms with Gasteiger partial charge in [0.15, 0.2) is 5.16 Å². The monoisotopic (exact) mass is 388 g/mol. The lowest BCUT2D eigenvalue weighted by Crippen LogP contribution is -2.30. The number of benzene rings is 1. The molecule has 27 heavy (non-hydrogen) atoms. The van der Waals surface area contributed by atoms with Gasteiger partial charge < -0.3 is 20.4 Å². The van der Waals surface area contributed by atoms with E-state index in [1.54, 1.807) is 6.26 Å². The number of nitrogens with zero attached hydrogens (tertiary/aromatic N) is 2. The van der Waals surface area contributed by atoms with E-state index in [0.717, 1.165) is 24.3 Å². The molecule has 2 aromatic rings. The molecule has 3 N–H and O–H groups in total. The van der Waals surface area contributed by atoms with Crippen molar-refractivity contribution in [1.29, 1.82) is 0 Å². The van der Waals surface area contributed by atoms with Crippen LogP contribution in [0.25, 0.3) is 0 Å². The first-order chi connectivity index (χ1) is 13.1. The van der Waals surface area contributed by atoms with E-state index in [9.17, 15) is 9.59 Å². The summed E-state index contributed by atoms with van der Waals surface area (Å²) in [5.41, 5.74) is 8.25. The highest BCUT2D eigenvalue weighted by Gasteiger charge is 2.16. The number of carbonyl (C=O) groups excluding carboxylic acids is 1. The van der Waals surface area contributed by atoms with Crippen LogP contribution in [0.2, 0.25) is 0 Å². The highest BCUT2D eigenvalue weighted by Crippen LogP contribution is 2.26. The molecule has 7 nitrogen and oxygen atoms in total. The summed E-state index contributed by atoms with van der Waals surface area (Å²) < 4.78 is 5.30. The van der Waals surface area contributed by atoms with Crippen molar-refractivity contribution in [3.8, 4) is 0 Å². The largest absolute Gasteiger partial charge is 0.462 e. The first-order valence-electron chi connectivity index (χ1n) is 9.02. The van der Waals surface area contributed by atoms with Crippen LogP contribution in [0.15, 0.2) is 34.3 Å². The summed E-state index contributed by atoms with van der Waals surface area (Å²) in [6.07, 6.45) is 7.21. The Hall–Kier alpha value is -2.48. The van der Waals surface area contributed by atoms with E-state index in [2.05, 4.69) is 14.9 Å². The van der Waals surface area contributed by atoms with Crippen LogP contribution < -0.4 is 16.2 Å². The first kappa shape index (κ1) is 19.3. The van der Waals surface area contributed by atoms with Crippen LogP contribution in [0.5, 0.6) is 0 Å². The zero-order valence-electron chi connectivity index (χ0n) is 15.4. The predicted octanol–water partition coefficient (Wildman–Crippen LogP) is 2.46. The second-order valence-electron chi connectivity index (χ2n) is 6.46. The summed E-state index contributed by atoms with van der Waals surface area (Å²) >= 11 is 1.30. The van der Waals surface area contributed by atoms with Gasteiger partial charge in [-0.05, 0) is 49.3 Å². The van der Waals surface area contributed by atoms with Crippen molar-refractivity contribution < 1.29 is 9.53 Å². The van der Waals surface area contributed by atoms with Crippen molar-refractivity contribution in [2.24, 2.45) is 0 Å². The normalized spacial score (nSPS) is 14.2. The molecule has 3 rings (SSSR count). The summed E-state index contributed by atoms with van der Waals surface area (Å²) in [4.78, 5) is 33.0. The molecule has 1 aliphatic rings. The van der Waals surface area contributed by atoms with Gasteiger partial charge in [-0.25, -0.2) is 9.78 Å². The molecule has 0 spiro atoms. The number of hydrogen-bond donors (Lipinski definition) is 2. The Morgan fingerprint density at radius 1 is 1.33 bits per heavy atom. The van der Waals surface area contributed by atoms with E-state index in [1.165, 1.54) is 37.2 Å². The van der Waals surface area contributed by atoms with Gasteiger partial charge in [-0.15, -0.1) is 0 Å². The molecule has 144 valence electrons. The van der Waals surface area contributed by atoms with E-state index in [-0.39, 0.29) is 12.2 Å². The average molecular weight is 388 g/mol. The van der Waals surface area contributed by atoms with Crippen molar-refractivity contribution in [3.63, 3.8) is 0 Å². The number of nitrogens with two attached hydrogens (primary N) is 1. The molecular weight excluding hydrogens is 364 g/mol. The van der Waals surface area contributed by atoms with Crippen LogP contribution in [0.1, 0.15) is 35.2 Å². The van der Waals surface area contributed by atoms with E-state index < -0.39 is 11.5 Å². The molecule has 8 heteroatoms. The second-order valence-corrected chi connectivity index (χ2v) is 7.25. The summed E-state index contributed by atoms with van der Waals surface area (Å²) in [5, 5.41) is 0.461. The van der Waals surface area contributed by atoms with Crippen molar-refractivity contribution in [2.45, 2.75) is 30.8 Å². The third-order valence-corrected chi connectivity index (χ3v) is 5.19. The topological polar surface area (TPSA) is 101 Å². The lowest BCUT2D eigenvalue weighted by Gasteiger charge is -2.30. The van der Waals surface area contributed by atoms with Gasteiger partial charge in [0.1, 0.15) is 5.56 Å². The number of hydrogen-bond acceptors (Lipinski definition) is 7. The number of rotatable bonds is 6. The van der Waals surface area contributed by atoms with Crippen molar-refractivity contribution in [3.05, 3.63) is 45.9 Å². The number of esters is 1. The number of carbonyl (C=O) groups is 1. The van der Waals surface area contributed by atoms with Gasteiger partial charge in [-0.2, -0.15) is 0 Å². The van der Waals surface area contributed by atoms with E-state index >= 15 is 0 Å². The quantitative estimate of drug-likeness (QED) is 0.339. The van der Waals surface area contributed by atoms with Crippen LogP contribution in [-0.2, 0) is 11.2 Å². The number of aromatic amines is 1. The van der Waals surface area contributed by atoms with E-state index in [1.807, 2.05) is 18.2 Å². The number of anilines is 2. The van der Waals surface area contributed by atoms with Gasteiger partial charge in [0.2, 0.25) is 0 Å². The van der Waals surface area contributed by atoms with Gasteiger partial charge in [0.25, 0.3) is 5.56 Å². The summed E-state index contributed by atoms with van der Waals surface area (Å²) in [7, 11) is 0. The zero-order valence-corrected chi connectivity index (χ0v) is 16.2. The molecule has 1 saturated heterocycles. The third kappa shape index (κ3) is 4.82. The molecule has 1 aromatic heterocycles.